The maximum absolute atomic E-state index is 4.35. The number of aromatic nitrogens is 2. The molecular weight excluding hydrogens is 238 g/mol. The van der Waals surface area contributed by atoms with E-state index in [1.54, 1.807) is 11.8 Å². The summed E-state index contributed by atoms with van der Waals surface area (Å²) in [5.41, 5.74) is 1.30. The molecule has 0 saturated heterocycles. The zero-order chi connectivity index (χ0) is 11.4. The first-order chi connectivity index (χ1) is 7.79. The van der Waals surface area contributed by atoms with Crippen molar-refractivity contribution >= 4 is 28.4 Å². The molecule has 1 aromatic heterocycles. The molecule has 0 amide bonds. The fraction of sp³-hybridized carbons (Fsp3) is 0.273. The number of hydrogen-bond acceptors (Lipinski definition) is 5. The lowest BCUT2D eigenvalue weighted by Gasteiger charge is -2.02. The molecule has 0 unspecified atom stereocenters. The van der Waals surface area contributed by atoms with Gasteiger partial charge in [-0.15, -0.1) is 11.8 Å². The van der Waals surface area contributed by atoms with Crippen LogP contribution in [0, 0.1) is 6.92 Å². The van der Waals surface area contributed by atoms with Crippen LogP contribution in [0.2, 0.25) is 0 Å². The monoisotopic (exact) mass is 251 g/mol. The van der Waals surface area contributed by atoms with Gasteiger partial charge in [0.05, 0.1) is 5.75 Å². The number of aryl methyl sites for hydroxylation is 1. The van der Waals surface area contributed by atoms with Crippen LogP contribution < -0.4 is 5.32 Å². The molecule has 3 nitrogen and oxygen atoms in total. The summed E-state index contributed by atoms with van der Waals surface area (Å²) >= 11 is 3.18. The van der Waals surface area contributed by atoms with Crippen molar-refractivity contribution in [3.8, 4) is 0 Å². The Bertz CT molecular complexity index is 468. The molecule has 5 heteroatoms. The summed E-state index contributed by atoms with van der Waals surface area (Å²) in [5, 5.41) is 3.87. The fourth-order valence-corrected chi connectivity index (χ4v) is 2.78. The van der Waals surface area contributed by atoms with Gasteiger partial charge in [0.2, 0.25) is 5.13 Å². The second kappa shape index (κ2) is 5.32. The third kappa shape index (κ3) is 2.74. The smallest absolute Gasteiger partial charge is 0.202 e. The summed E-state index contributed by atoms with van der Waals surface area (Å²) in [5.74, 6) is 1.71. The zero-order valence-electron chi connectivity index (χ0n) is 9.23. The van der Waals surface area contributed by atoms with E-state index in [-0.39, 0.29) is 0 Å². The molecule has 0 aliphatic carbocycles. The number of nitrogens with zero attached hydrogens (tertiary/aromatic N) is 2. The summed E-state index contributed by atoms with van der Waals surface area (Å²) in [7, 11) is 1.86. The van der Waals surface area contributed by atoms with Gasteiger partial charge in [0.25, 0.3) is 0 Å². The quantitative estimate of drug-likeness (QED) is 0.847. The maximum Gasteiger partial charge on any atom is 0.202 e. The predicted molar refractivity (Wildman–Crippen MR) is 70.2 cm³/mol. The van der Waals surface area contributed by atoms with Crippen molar-refractivity contribution in [2.24, 2.45) is 0 Å². The molecule has 0 fully saturated rings. The Morgan fingerprint density at radius 2 is 2.19 bits per heavy atom. The minimum Gasteiger partial charge on any atom is -0.363 e. The lowest BCUT2D eigenvalue weighted by molar-refractivity contribution is 1.13. The maximum atomic E-state index is 4.35. The molecule has 0 aliphatic heterocycles. The van der Waals surface area contributed by atoms with Crippen molar-refractivity contribution in [2.75, 3.05) is 12.4 Å². The van der Waals surface area contributed by atoms with Crippen LogP contribution in [-0.2, 0) is 5.75 Å². The van der Waals surface area contributed by atoms with Crippen LogP contribution in [0.1, 0.15) is 11.4 Å². The normalized spacial score (nSPS) is 10.4. The van der Waals surface area contributed by atoms with Crippen LogP contribution in [0.15, 0.2) is 29.2 Å². The Labute approximate surface area is 103 Å². The van der Waals surface area contributed by atoms with E-state index in [0.29, 0.717) is 0 Å². The highest BCUT2D eigenvalue weighted by molar-refractivity contribution is 7.98. The van der Waals surface area contributed by atoms with Crippen molar-refractivity contribution < 1.29 is 0 Å². The number of thioether (sulfide) groups is 1. The van der Waals surface area contributed by atoms with E-state index in [2.05, 4.69) is 45.9 Å². The van der Waals surface area contributed by atoms with Crippen LogP contribution in [0.3, 0.4) is 0 Å². The molecule has 1 heterocycles. The molecule has 2 aromatic rings. The molecule has 1 aromatic carbocycles. The third-order valence-electron chi connectivity index (χ3n) is 2.13. The Balaban J connectivity index is 1.99. The predicted octanol–water partition coefficient (Wildman–Crippen LogP) is 3.18. The standard InChI is InChI=1S/C11H13N3S2/c1-8-5-3-4-6-9(8)15-7-10-13-11(12-2)16-14-10/h3-6H,7H2,1-2H3,(H,12,13,14). The van der Waals surface area contributed by atoms with Crippen LogP contribution >= 0.6 is 23.3 Å². The second-order valence-electron chi connectivity index (χ2n) is 3.32. The van der Waals surface area contributed by atoms with Gasteiger partial charge >= 0.3 is 0 Å². The molecule has 0 saturated carbocycles. The molecule has 84 valence electrons. The third-order valence-corrected chi connectivity index (χ3v) is 4.07. The van der Waals surface area contributed by atoms with Crippen molar-refractivity contribution in [3.05, 3.63) is 35.7 Å². The fourth-order valence-electron chi connectivity index (χ4n) is 1.27. The van der Waals surface area contributed by atoms with Gasteiger partial charge in [-0.3, -0.25) is 0 Å². The molecule has 0 spiro atoms. The Hall–Kier alpha value is -1.07. The molecule has 0 bridgehead atoms. The topological polar surface area (TPSA) is 37.8 Å². The summed E-state index contributed by atoms with van der Waals surface area (Å²) < 4.78 is 4.28. The largest absolute Gasteiger partial charge is 0.363 e. The first kappa shape index (κ1) is 11.4. The van der Waals surface area contributed by atoms with Gasteiger partial charge in [0, 0.05) is 23.5 Å². The first-order valence-electron chi connectivity index (χ1n) is 4.98. The highest BCUT2D eigenvalue weighted by atomic mass is 32.2. The lowest BCUT2D eigenvalue weighted by Crippen LogP contribution is -1.88. The average Bonchev–Trinajstić information content (AvgIpc) is 2.76. The van der Waals surface area contributed by atoms with Crippen molar-refractivity contribution in [1.82, 2.24) is 9.36 Å². The van der Waals surface area contributed by atoms with Crippen LogP contribution in [-0.4, -0.2) is 16.4 Å². The second-order valence-corrected chi connectivity index (χ2v) is 5.09. The Morgan fingerprint density at radius 1 is 1.38 bits per heavy atom. The molecule has 16 heavy (non-hydrogen) atoms. The van der Waals surface area contributed by atoms with E-state index in [9.17, 15) is 0 Å². The highest BCUT2D eigenvalue weighted by Gasteiger charge is 2.04. The van der Waals surface area contributed by atoms with Gasteiger partial charge in [-0.25, -0.2) is 4.98 Å². The number of benzene rings is 1. The summed E-state index contributed by atoms with van der Waals surface area (Å²) in [6.45, 7) is 2.12. The minimum atomic E-state index is 0.822. The van der Waals surface area contributed by atoms with E-state index >= 15 is 0 Å². The van der Waals surface area contributed by atoms with E-state index < -0.39 is 0 Å². The van der Waals surface area contributed by atoms with Gasteiger partial charge < -0.3 is 5.32 Å². The van der Waals surface area contributed by atoms with E-state index in [1.807, 2.05) is 7.05 Å². The molecule has 0 aliphatic rings. The van der Waals surface area contributed by atoms with Gasteiger partial charge in [0.15, 0.2) is 5.82 Å². The van der Waals surface area contributed by atoms with Gasteiger partial charge in [-0.1, -0.05) is 18.2 Å². The Kier molecular flexibility index (Phi) is 3.79. The molecule has 2 rings (SSSR count). The number of rotatable bonds is 4. The van der Waals surface area contributed by atoms with Crippen LogP contribution in [0.25, 0.3) is 0 Å². The molecule has 0 atom stereocenters. The Morgan fingerprint density at radius 3 is 2.88 bits per heavy atom. The van der Waals surface area contributed by atoms with Crippen LogP contribution in [0.4, 0.5) is 5.13 Å². The number of nitrogens with one attached hydrogen (secondary N) is 1. The number of anilines is 1. The van der Waals surface area contributed by atoms with Crippen molar-refractivity contribution in [2.45, 2.75) is 17.6 Å². The molecule has 0 radical (unpaired) electrons. The zero-order valence-corrected chi connectivity index (χ0v) is 10.9. The highest BCUT2D eigenvalue weighted by Crippen LogP contribution is 2.25. The van der Waals surface area contributed by atoms with Crippen molar-refractivity contribution in [1.29, 1.82) is 0 Å². The average molecular weight is 251 g/mol. The van der Waals surface area contributed by atoms with Gasteiger partial charge in [-0.05, 0) is 18.6 Å². The van der Waals surface area contributed by atoms with Gasteiger partial charge in [0.1, 0.15) is 0 Å². The van der Waals surface area contributed by atoms with E-state index in [1.165, 1.54) is 22.0 Å². The summed E-state index contributed by atoms with van der Waals surface area (Å²) in [6, 6.07) is 8.36. The summed E-state index contributed by atoms with van der Waals surface area (Å²) in [4.78, 5) is 5.64. The van der Waals surface area contributed by atoms with E-state index in [4.69, 9.17) is 0 Å². The van der Waals surface area contributed by atoms with Crippen molar-refractivity contribution in [3.63, 3.8) is 0 Å². The summed E-state index contributed by atoms with van der Waals surface area (Å²) in [6.07, 6.45) is 0. The minimum absolute atomic E-state index is 0.822. The van der Waals surface area contributed by atoms with Crippen LogP contribution in [0.5, 0.6) is 0 Å². The molecule has 1 N–H and O–H groups in total. The molecular formula is C11H13N3S2. The SMILES string of the molecule is CNc1nc(CSc2ccccc2C)ns1. The van der Waals surface area contributed by atoms with Gasteiger partial charge in [-0.2, -0.15) is 4.37 Å². The lowest BCUT2D eigenvalue weighted by atomic mass is 10.2. The first-order valence-corrected chi connectivity index (χ1v) is 6.74. The number of hydrogen-bond donors (Lipinski definition) is 1. The van der Waals surface area contributed by atoms with E-state index in [0.717, 1.165) is 16.7 Å².